The Morgan fingerprint density at radius 3 is 2.58 bits per heavy atom. The average Bonchev–Trinajstić information content (AvgIpc) is 2.56. The molecule has 0 bridgehead atoms. The first-order chi connectivity index (χ1) is 11.5. The Morgan fingerprint density at radius 2 is 1.96 bits per heavy atom. The van der Waals surface area contributed by atoms with Gasteiger partial charge in [0.15, 0.2) is 0 Å². The maximum absolute atomic E-state index is 12.2. The highest BCUT2D eigenvalue weighted by Gasteiger charge is 2.09. The fraction of sp³-hybridized carbons (Fsp3) is 0.263. The van der Waals surface area contributed by atoms with Crippen molar-refractivity contribution in [3.05, 3.63) is 54.1 Å². The van der Waals surface area contributed by atoms with Crippen LogP contribution in [0.4, 0.5) is 11.4 Å². The Labute approximate surface area is 142 Å². The molecule has 1 N–H and O–H groups in total. The predicted octanol–water partition coefficient (Wildman–Crippen LogP) is 3.42. The lowest BCUT2D eigenvalue weighted by Crippen LogP contribution is -2.30. The maximum Gasteiger partial charge on any atom is 0.243 e. The zero-order valence-electron chi connectivity index (χ0n) is 14.1. The van der Waals surface area contributed by atoms with E-state index in [9.17, 15) is 4.79 Å². The number of rotatable bonds is 6. The first kappa shape index (κ1) is 17.4. The Morgan fingerprint density at radius 1 is 1.25 bits per heavy atom. The summed E-state index contributed by atoms with van der Waals surface area (Å²) in [5, 5.41) is 11.8. The molecule has 0 aromatic heterocycles. The molecule has 0 saturated carbocycles. The molecule has 2 rings (SSSR count). The second kappa shape index (κ2) is 8.02. The number of nitrogens with zero attached hydrogens (tertiary/aromatic N) is 2. The highest BCUT2D eigenvalue weighted by atomic mass is 16.5. The molecular weight excluding hydrogens is 302 g/mol. The van der Waals surface area contributed by atoms with Gasteiger partial charge in [0.2, 0.25) is 5.91 Å². The Hall–Kier alpha value is -3.00. The fourth-order valence-corrected chi connectivity index (χ4v) is 2.21. The Kier molecular flexibility index (Phi) is 5.80. The largest absolute Gasteiger partial charge is 0.491 e. The van der Waals surface area contributed by atoms with E-state index in [0.29, 0.717) is 5.56 Å². The molecule has 0 aliphatic rings. The predicted molar refractivity (Wildman–Crippen MR) is 95.3 cm³/mol. The summed E-state index contributed by atoms with van der Waals surface area (Å²) in [5.74, 6) is 0.644. The van der Waals surface area contributed by atoms with Gasteiger partial charge in [-0.1, -0.05) is 6.07 Å². The minimum Gasteiger partial charge on any atom is -0.491 e. The Bertz CT molecular complexity index is 733. The van der Waals surface area contributed by atoms with Gasteiger partial charge in [0.25, 0.3) is 0 Å². The van der Waals surface area contributed by atoms with Crippen LogP contribution >= 0.6 is 0 Å². The molecule has 0 unspecified atom stereocenters. The Balaban J connectivity index is 1.93. The summed E-state index contributed by atoms with van der Waals surface area (Å²) in [6.07, 6.45) is 0.114. The van der Waals surface area contributed by atoms with Crippen LogP contribution < -0.4 is 15.0 Å². The smallest absolute Gasteiger partial charge is 0.243 e. The lowest BCUT2D eigenvalue weighted by Gasteiger charge is -2.19. The molecule has 0 aliphatic heterocycles. The molecule has 0 spiro atoms. The standard InChI is InChI=1S/C19H21N3O2/c1-14(2)24-18-9-7-16(8-10-18)21-19(23)13-22(3)17-6-4-5-15(11-17)12-20/h4-11,14H,13H2,1-3H3,(H,21,23). The van der Waals surface area contributed by atoms with Crippen LogP contribution in [0.1, 0.15) is 19.4 Å². The van der Waals surface area contributed by atoms with Crippen molar-refractivity contribution in [2.24, 2.45) is 0 Å². The minimum atomic E-state index is -0.127. The zero-order valence-corrected chi connectivity index (χ0v) is 14.1. The zero-order chi connectivity index (χ0) is 17.5. The van der Waals surface area contributed by atoms with Gasteiger partial charge in [-0.3, -0.25) is 4.79 Å². The van der Waals surface area contributed by atoms with E-state index in [0.717, 1.165) is 17.1 Å². The average molecular weight is 323 g/mol. The number of hydrogen-bond acceptors (Lipinski definition) is 4. The molecule has 124 valence electrons. The lowest BCUT2D eigenvalue weighted by atomic mass is 10.2. The van der Waals surface area contributed by atoms with E-state index in [1.165, 1.54) is 0 Å². The van der Waals surface area contributed by atoms with Crippen LogP contribution in [0.3, 0.4) is 0 Å². The number of hydrogen-bond donors (Lipinski definition) is 1. The number of likely N-dealkylation sites (N-methyl/N-ethyl adjacent to an activating group) is 1. The summed E-state index contributed by atoms with van der Waals surface area (Å²) in [7, 11) is 1.82. The third-order valence-corrected chi connectivity index (χ3v) is 3.31. The summed E-state index contributed by atoms with van der Waals surface area (Å²) in [6, 6.07) is 16.5. The van der Waals surface area contributed by atoms with Crippen molar-refractivity contribution >= 4 is 17.3 Å². The topological polar surface area (TPSA) is 65.4 Å². The van der Waals surface area contributed by atoms with E-state index in [1.54, 1.807) is 23.1 Å². The van der Waals surface area contributed by atoms with Gasteiger partial charge in [-0.05, 0) is 56.3 Å². The van der Waals surface area contributed by atoms with Gasteiger partial charge in [0.1, 0.15) is 5.75 Å². The van der Waals surface area contributed by atoms with Gasteiger partial charge in [-0.2, -0.15) is 5.26 Å². The fourth-order valence-electron chi connectivity index (χ4n) is 2.21. The molecule has 1 amide bonds. The van der Waals surface area contributed by atoms with E-state index in [4.69, 9.17) is 10.00 Å². The molecule has 0 heterocycles. The number of carbonyl (C=O) groups excluding carboxylic acids is 1. The highest BCUT2D eigenvalue weighted by Crippen LogP contribution is 2.18. The van der Waals surface area contributed by atoms with Crippen molar-refractivity contribution in [3.8, 4) is 11.8 Å². The van der Waals surface area contributed by atoms with Crippen LogP contribution in [-0.2, 0) is 4.79 Å². The van der Waals surface area contributed by atoms with Gasteiger partial charge in [-0.25, -0.2) is 0 Å². The molecule has 0 radical (unpaired) electrons. The lowest BCUT2D eigenvalue weighted by molar-refractivity contribution is -0.114. The van der Waals surface area contributed by atoms with Crippen LogP contribution in [0.25, 0.3) is 0 Å². The molecule has 5 nitrogen and oxygen atoms in total. The molecule has 0 aliphatic carbocycles. The van der Waals surface area contributed by atoms with E-state index in [1.807, 2.05) is 51.2 Å². The second-order valence-electron chi connectivity index (χ2n) is 5.76. The van der Waals surface area contributed by atoms with Crippen molar-refractivity contribution in [2.45, 2.75) is 20.0 Å². The maximum atomic E-state index is 12.2. The van der Waals surface area contributed by atoms with Crippen LogP contribution in [-0.4, -0.2) is 25.6 Å². The molecule has 2 aromatic rings. The van der Waals surface area contributed by atoms with E-state index in [2.05, 4.69) is 11.4 Å². The van der Waals surface area contributed by atoms with E-state index in [-0.39, 0.29) is 18.6 Å². The van der Waals surface area contributed by atoms with Crippen molar-refractivity contribution in [1.82, 2.24) is 0 Å². The van der Waals surface area contributed by atoms with Gasteiger partial charge >= 0.3 is 0 Å². The SMILES string of the molecule is CC(C)Oc1ccc(NC(=O)CN(C)c2cccc(C#N)c2)cc1. The number of nitriles is 1. The van der Waals surface area contributed by atoms with Crippen molar-refractivity contribution in [2.75, 3.05) is 23.8 Å². The highest BCUT2D eigenvalue weighted by molar-refractivity contribution is 5.94. The summed E-state index contributed by atoms with van der Waals surface area (Å²) < 4.78 is 5.57. The molecule has 0 atom stereocenters. The number of carbonyl (C=O) groups is 1. The second-order valence-corrected chi connectivity index (χ2v) is 5.76. The quantitative estimate of drug-likeness (QED) is 0.884. The first-order valence-corrected chi connectivity index (χ1v) is 7.76. The third kappa shape index (κ3) is 5.03. The van der Waals surface area contributed by atoms with Gasteiger partial charge in [0, 0.05) is 18.4 Å². The summed E-state index contributed by atoms with van der Waals surface area (Å²) >= 11 is 0. The van der Waals surface area contributed by atoms with Crippen LogP contribution in [0.5, 0.6) is 5.75 Å². The monoisotopic (exact) mass is 323 g/mol. The summed E-state index contributed by atoms with van der Waals surface area (Å²) in [4.78, 5) is 14.0. The minimum absolute atomic E-state index is 0.114. The van der Waals surface area contributed by atoms with Crippen LogP contribution in [0.2, 0.25) is 0 Å². The van der Waals surface area contributed by atoms with Crippen molar-refractivity contribution < 1.29 is 9.53 Å². The summed E-state index contributed by atoms with van der Waals surface area (Å²) in [6.45, 7) is 4.12. The number of ether oxygens (including phenoxy) is 1. The number of anilines is 2. The molecule has 24 heavy (non-hydrogen) atoms. The first-order valence-electron chi connectivity index (χ1n) is 7.76. The van der Waals surface area contributed by atoms with Crippen LogP contribution in [0.15, 0.2) is 48.5 Å². The summed E-state index contributed by atoms with van der Waals surface area (Å²) in [5.41, 5.74) is 2.11. The van der Waals surface area contributed by atoms with Crippen molar-refractivity contribution in [1.29, 1.82) is 5.26 Å². The van der Waals surface area contributed by atoms with Gasteiger partial charge in [0.05, 0.1) is 24.3 Å². The van der Waals surface area contributed by atoms with Gasteiger partial charge in [-0.15, -0.1) is 0 Å². The van der Waals surface area contributed by atoms with Gasteiger partial charge < -0.3 is 15.0 Å². The molecular formula is C19H21N3O2. The van der Waals surface area contributed by atoms with Crippen LogP contribution in [0, 0.1) is 11.3 Å². The number of amides is 1. The molecule has 0 fully saturated rings. The number of nitrogens with one attached hydrogen (secondary N) is 1. The molecule has 2 aromatic carbocycles. The van der Waals surface area contributed by atoms with E-state index >= 15 is 0 Å². The normalized spacial score (nSPS) is 10.1. The third-order valence-electron chi connectivity index (χ3n) is 3.31. The molecule has 0 saturated heterocycles. The van der Waals surface area contributed by atoms with Crippen molar-refractivity contribution in [3.63, 3.8) is 0 Å². The molecule has 5 heteroatoms. The van der Waals surface area contributed by atoms with E-state index < -0.39 is 0 Å². The number of benzene rings is 2.